The molecule has 1 atom stereocenters. The van der Waals surface area contributed by atoms with Crippen molar-refractivity contribution in [2.75, 3.05) is 33.3 Å². The quantitative estimate of drug-likeness (QED) is 0.678. The maximum Gasteiger partial charge on any atom is 0.321 e. The molecule has 2 N–H and O–H groups in total. The maximum absolute atomic E-state index is 12.9. The molecule has 0 aromatic heterocycles. The van der Waals surface area contributed by atoms with Crippen LogP contribution in [0.25, 0.3) is 0 Å². The van der Waals surface area contributed by atoms with Gasteiger partial charge in [-0.2, -0.15) is 4.31 Å². The van der Waals surface area contributed by atoms with E-state index in [9.17, 15) is 18.0 Å². The fourth-order valence-corrected chi connectivity index (χ4v) is 5.50. The number of rotatable bonds is 6. The minimum atomic E-state index is -3.61. The lowest BCUT2D eigenvalue weighted by Gasteiger charge is -2.36. The highest BCUT2D eigenvalue weighted by atomic mass is 32.2. The van der Waals surface area contributed by atoms with Gasteiger partial charge in [0.2, 0.25) is 15.9 Å². The number of hydrogen-bond donors (Lipinski definition) is 2. The number of methoxy groups -OCH3 is 1. The summed E-state index contributed by atoms with van der Waals surface area (Å²) in [4.78, 5) is 26.7. The van der Waals surface area contributed by atoms with Crippen molar-refractivity contribution in [3.05, 3.63) is 24.3 Å². The standard InChI is InChI=1S/C21H32N4O5S/c1-16(20(26)23-21(27)22-17-6-4-3-5-7-17)24-12-14-25(15-13-24)31(28,29)19-10-8-18(30-2)9-11-19/h8-11,16-17H,3-7,12-15H2,1-2H3,(H2,22,23,26,27). The highest BCUT2D eigenvalue weighted by molar-refractivity contribution is 7.89. The van der Waals surface area contributed by atoms with Crippen molar-refractivity contribution >= 4 is 22.0 Å². The number of carbonyl (C=O) groups is 2. The number of ether oxygens (including phenoxy) is 1. The van der Waals surface area contributed by atoms with Gasteiger partial charge in [-0.05, 0) is 44.0 Å². The lowest BCUT2D eigenvalue weighted by Crippen LogP contribution is -2.56. The molecule has 2 aliphatic rings. The van der Waals surface area contributed by atoms with Crippen LogP contribution < -0.4 is 15.4 Å². The monoisotopic (exact) mass is 452 g/mol. The minimum Gasteiger partial charge on any atom is -0.497 e. The van der Waals surface area contributed by atoms with Crippen molar-refractivity contribution in [3.63, 3.8) is 0 Å². The lowest BCUT2D eigenvalue weighted by atomic mass is 9.96. The average molecular weight is 453 g/mol. The molecule has 3 amide bonds. The molecule has 0 bridgehead atoms. The van der Waals surface area contributed by atoms with E-state index in [1.54, 1.807) is 19.1 Å². The van der Waals surface area contributed by atoms with E-state index in [2.05, 4.69) is 10.6 Å². The summed E-state index contributed by atoms with van der Waals surface area (Å²) in [6, 6.07) is 5.45. The first-order valence-electron chi connectivity index (χ1n) is 10.8. The van der Waals surface area contributed by atoms with Crippen LogP contribution >= 0.6 is 0 Å². The molecule has 3 rings (SSSR count). The number of carbonyl (C=O) groups excluding carboxylic acids is 2. The number of amides is 3. The molecule has 0 spiro atoms. The Kier molecular flexibility index (Phi) is 7.90. The molecular weight excluding hydrogens is 420 g/mol. The Balaban J connectivity index is 1.49. The summed E-state index contributed by atoms with van der Waals surface area (Å²) in [6.45, 7) is 3.11. The van der Waals surface area contributed by atoms with Gasteiger partial charge in [0.1, 0.15) is 5.75 Å². The predicted molar refractivity (Wildman–Crippen MR) is 116 cm³/mol. The molecule has 1 aliphatic heterocycles. The first kappa shape index (κ1) is 23.5. The average Bonchev–Trinajstić information content (AvgIpc) is 2.79. The van der Waals surface area contributed by atoms with Crippen molar-refractivity contribution in [1.82, 2.24) is 19.8 Å². The zero-order valence-electron chi connectivity index (χ0n) is 18.2. The van der Waals surface area contributed by atoms with E-state index in [0.717, 1.165) is 25.7 Å². The van der Waals surface area contributed by atoms with E-state index in [4.69, 9.17) is 4.74 Å². The van der Waals surface area contributed by atoms with Gasteiger partial charge in [0.05, 0.1) is 18.0 Å². The van der Waals surface area contributed by atoms with Gasteiger partial charge in [-0.15, -0.1) is 0 Å². The Bertz CT molecular complexity index is 860. The van der Waals surface area contributed by atoms with E-state index < -0.39 is 22.1 Å². The molecule has 1 aliphatic carbocycles. The van der Waals surface area contributed by atoms with Crippen molar-refractivity contribution in [2.45, 2.75) is 56.0 Å². The third-order valence-corrected chi connectivity index (χ3v) is 7.99. The Morgan fingerprint density at radius 2 is 1.65 bits per heavy atom. The predicted octanol–water partition coefficient (Wildman–Crippen LogP) is 1.55. The summed E-state index contributed by atoms with van der Waals surface area (Å²) in [7, 11) is -2.08. The van der Waals surface area contributed by atoms with E-state index in [1.807, 2.05) is 4.90 Å². The number of hydrogen-bond acceptors (Lipinski definition) is 6. The van der Waals surface area contributed by atoms with Crippen LogP contribution in [0.15, 0.2) is 29.2 Å². The molecule has 10 heteroatoms. The van der Waals surface area contributed by atoms with Crippen LogP contribution in [-0.4, -0.2) is 74.9 Å². The van der Waals surface area contributed by atoms with Crippen molar-refractivity contribution < 1.29 is 22.7 Å². The first-order chi connectivity index (χ1) is 14.8. The summed E-state index contributed by atoms with van der Waals surface area (Å²) >= 11 is 0. The van der Waals surface area contributed by atoms with Crippen molar-refractivity contribution in [1.29, 1.82) is 0 Å². The fourth-order valence-electron chi connectivity index (χ4n) is 4.08. The van der Waals surface area contributed by atoms with Crippen LogP contribution in [0.3, 0.4) is 0 Å². The lowest BCUT2D eigenvalue weighted by molar-refractivity contribution is -0.125. The third-order valence-electron chi connectivity index (χ3n) is 6.07. The van der Waals surface area contributed by atoms with E-state index in [0.29, 0.717) is 18.8 Å². The van der Waals surface area contributed by atoms with Gasteiger partial charge in [-0.1, -0.05) is 19.3 Å². The van der Waals surface area contributed by atoms with Gasteiger partial charge >= 0.3 is 6.03 Å². The molecule has 1 heterocycles. The number of urea groups is 1. The summed E-state index contributed by atoms with van der Waals surface area (Å²) in [5.74, 6) is 0.218. The fraction of sp³-hybridized carbons (Fsp3) is 0.619. The summed E-state index contributed by atoms with van der Waals surface area (Å²) in [5, 5.41) is 5.30. The Morgan fingerprint density at radius 3 is 2.23 bits per heavy atom. The number of nitrogens with zero attached hydrogens (tertiary/aromatic N) is 2. The van der Waals surface area contributed by atoms with Crippen LogP contribution in [0.2, 0.25) is 0 Å². The molecule has 172 valence electrons. The second-order valence-electron chi connectivity index (χ2n) is 8.09. The molecule has 1 unspecified atom stereocenters. The molecule has 9 nitrogen and oxygen atoms in total. The second kappa shape index (κ2) is 10.4. The first-order valence-corrected chi connectivity index (χ1v) is 12.2. The highest BCUT2D eigenvalue weighted by Gasteiger charge is 2.32. The molecule has 2 fully saturated rings. The zero-order chi connectivity index (χ0) is 22.4. The number of benzene rings is 1. The second-order valence-corrected chi connectivity index (χ2v) is 10.0. The van der Waals surface area contributed by atoms with Gasteiger partial charge in [0.25, 0.3) is 0 Å². The summed E-state index contributed by atoms with van der Waals surface area (Å²) < 4.78 is 32.2. The number of sulfonamides is 1. The normalized spacial score (nSPS) is 20.1. The summed E-state index contributed by atoms with van der Waals surface area (Å²) in [5.41, 5.74) is 0. The van der Waals surface area contributed by atoms with Crippen LogP contribution in [-0.2, 0) is 14.8 Å². The van der Waals surface area contributed by atoms with Gasteiger partial charge in [-0.25, -0.2) is 13.2 Å². The zero-order valence-corrected chi connectivity index (χ0v) is 19.0. The Hall–Kier alpha value is -2.17. The Morgan fingerprint density at radius 1 is 1.03 bits per heavy atom. The highest BCUT2D eigenvalue weighted by Crippen LogP contribution is 2.21. The number of piperazine rings is 1. The minimum absolute atomic E-state index is 0.128. The topological polar surface area (TPSA) is 108 Å². The largest absolute Gasteiger partial charge is 0.497 e. The van der Waals surface area contributed by atoms with Gasteiger partial charge in [-0.3, -0.25) is 15.0 Å². The van der Waals surface area contributed by atoms with E-state index in [1.165, 1.54) is 30.0 Å². The van der Waals surface area contributed by atoms with Crippen molar-refractivity contribution in [3.8, 4) is 5.75 Å². The SMILES string of the molecule is COc1ccc(S(=O)(=O)N2CCN(C(C)C(=O)NC(=O)NC3CCCCC3)CC2)cc1. The molecule has 1 saturated heterocycles. The van der Waals surface area contributed by atoms with Crippen LogP contribution in [0.5, 0.6) is 5.75 Å². The molecule has 1 saturated carbocycles. The van der Waals surface area contributed by atoms with Crippen LogP contribution in [0, 0.1) is 0 Å². The Labute approximate surface area is 184 Å². The molecule has 0 radical (unpaired) electrons. The van der Waals surface area contributed by atoms with Crippen LogP contribution in [0.1, 0.15) is 39.0 Å². The third kappa shape index (κ3) is 5.96. The van der Waals surface area contributed by atoms with E-state index >= 15 is 0 Å². The smallest absolute Gasteiger partial charge is 0.321 e. The van der Waals surface area contributed by atoms with Gasteiger partial charge < -0.3 is 10.1 Å². The summed E-state index contributed by atoms with van der Waals surface area (Å²) in [6.07, 6.45) is 5.28. The molecular formula is C21H32N4O5S. The van der Waals surface area contributed by atoms with E-state index in [-0.39, 0.29) is 29.9 Å². The van der Waals surface area contributed by atoms with Crippen molar-refractivity contribution in [2.24, 2.45) is 0 Å². The van der Waals surface area contributed by atoms with Gasteiger partial charge in [0, 0.05) is 32.2 Å². The van der Waals surface area contributed by atoms with Crippen LogP contribution in [0.4, 0.5) is 4.79 Å². The molecule has 1 aromatic carbocycles. The number of imide groups is 1. The molecule has 1 aromatic rings. The molecule has 31 heavy (non-hydrogen) atoms. The maximum atomic E-state index is 12.9. The number of nitrogens with one attached hydrogen (secondary N) is 2. The van der Waals surface area contributed by atoms with Gasteiger partial charge in [0.15, 0.2) is 0 Å².